The molecule has 1 amide bonds. The maximum atomic E-state index is 14.9. The zero-order chi connectivity index (χ0) is 24.8. The average Bonchev–Trinajstić information content (AvgIpc) is 3.09. The van der Waals surface area contributed by atoms with Crippen molar-refractivity contribution in [2.45, 2.75) is 58.3 Å². The molecular formula is C24H24ClF3N4O2. The molecule has 0 aliphatic carbocycles. The molecule has 34 heavy (non-hydrogen) atoms. The van der Waals surface area contributed by atoms with Crippen LogP contribution >= 0.6 is 11.6 Å². The number of hydrogen-bond acceptors (Lipinski definition) is 4. The highest BCUT2D eigenvalue weighted by atomic mass is 35.5. The second-order valence-corrected chi connectivity index (χ2v) is 9.73. The van der Waals surface area contributed by atoms with Gasteiger partial charge < -0.3 is 4.74 Å². The molecule has 2 aromatic heterocycles. The van der Waals surface area contributed by atoms with Crippen LogP contribution in [0.5, 0.6) is 0 Å². The molecule has 6 nitrogen and oxygen atoms in total. The fraction of sp³-hybridized carbons (Fsp3) is 0.375. The van der Waals surface area contributed by atoms with Crippen LogP contribution in [0.15, 0.2) is 42.7 Å². The van der Waals surface area contributed by atoms with Crippen LogP contribution in [-0.4, -0.2) is 43.3 Å². The summed E-state index contributed by atoms with van der Waals surface area (Å²) in [6.45, 7) is 5.29. The van der Waals surface area contributed by atoms with Gasteiger partial charge in [0.25, 0.3) is 5.92 Å². The summed E-state index contributed by atoms with van der Waals surface area (Å²) in [5.74, 6) is -3.83. The summed E-state index contributed by atoms with van der Waals surface area (Å²) in [4.78, 5) is 18.0. The first-order valence-corrected chi connectivity index (χ1v) is 11.1. The summed E-state index contributed by atoms with van der Waals surface area (Å²) in [6, 6.07) is 6.13. The second-order valence-electron chi connectivity index (χ2n) is 9.29. The minimum atomic E-state index is -3.23. The number of rotatable bonds is 3. The van der Waals surface area contributed by atoms with E-state index in [1.807, 2.05) is 0 Å². The first kappa shape index (κ1) is 24.1. The number of amides is 1. The van der Waals surface area contributed by atoms with Crippen molar-refractivity contribution in [2.75, 3.05) is 0 Å². The van der Waals surface area contributed by atoms with Gasteiger partial charge in [-0.1, -0.05) is 11.6 Å². The monoisotopic (exact) mass is 492 g/mol. The van der Waals surface area contributed by atoms with Crippen molar-refractivity contribution in [2.24, 2.45) is 0 Å². The van der Waals surface area contributed by atoms with E-state index in [9.17, 15) is 18.0 Å². The molecule has 4 rings (SSSR count). The van der Waals surface area contributed by atoms with E-state index in [0.717, 1.165) is 11.8 Å². The molecule has 0 fully saturated rings. The number of nitrogens with zero attached hydrogens (tertiary/aromatic N) is 4. The molecule has 0 radical (unpaired) electrons. The van der Waals surface area contributed by atoms with Gasteiger partial charge in [-0.25, -0.2) is 18.0 Å². The van der Waals surface area contributed by atoms with Gasteiger partial charge in [-0.15, -0.1) is 0 Å². The lowest BCUT2D eigenvalue weighted by molar-refractivity contribution is -0.0876. The fourth-order valence-electron chi connectivity index (χ4n) is 3.98. The van der Waals surface area contributed by atoms with Gasteiger partial charge in [0.15, 0.2) is 0 Å². The van der Waals surface area contributed by atoms with E-state index in [4.69, 9.17) is 16.3 Å². The Bertz CT molecular complexity index is 1220. The lowest BCUT2D eigenvalue weighted by Crippen LogP contribution is -2.55. The molecule has 1 aliphatic heterocycles. The number of benzene rings is 1. The molecule has 180 valence electrons. The summed E-state index contributed by atoms with van der Waals surface area (Å²) >= 11 is 5.92. The molecule has 1 aromatic carbocycles. The SMILES string of the molecule is CC(C)(C)OC(=O)N1Cc2c(-c3ccncc3)c(-c3ccc(Cl)cc3F)nn2CC1C(C)(F)F. The van der Waals surface area contributed by atoms with E-state index < -0.39 is 29.5 Å². The Labute approximate surface area is 200 Å². The second kappa shape index (κ2) is 8.61. The Kier molecular flexibility index (Phi) is 6.10. The van der Waals surface area contributed by atoms with Crippen molar-refractivity contribution in [1.82, 2.24) is 19.7 Å². The Morgan fingerprint density at radius 3 is 2.41 bits per heavy atom. The van der Waals surface area contributed by atoms with Crippen molar-refractivity contribution in [3.8, 4) is 22.4 Å². The Hall–Kier alpha value is -3.07. The van der Waals surface area contributed by atoms with Gasteiger partial charge >= 0.3 is 6.09 Å². The standard InChI is InChI=1S/C24H24ClF3N4O2/c1-23(2,3)34-22(33)31-12-18-20(14-7-9-29-10-8-14)21(16-6-5-15(25)11-17(16)26)30-32(18)13-19(31)24(4,27)28/h5-11,19H,12-13H2,1-4H3. The minimum absolute atomic E-state index is 0.168. The molecule has 0 saturated heterocycles. The Morgan fingerprint density at radius 2 is 1.82 bits per heavy atom. The summed E-state index contributed by atoms with van der Waals surface area (Å²) in [6.07, 6.45) is 2.28. The molecule has 0 bridgehead atoms. The van der Waals surface area contributed by atoms with E-state index >= 15 is 0 Å². The number of alkyl halides is 2. The number of carbonyl (C=O) groups excluding carboxylic acids is 1. The van der Waals surface area contributed by atoms with Crippen LogP contribution in [-0.2, 0) is 17.8 Å². The van der Waals surface area contributed by atoms with Crippen molar-refractivity contribution in [3.05, 3.63) is 59.3 Å². The minimum Gasteiger partial charge on any atom is -0.444 e. The third-order valence-electron chi connectivity index (χ3n) is 5.47. The average molecular weight is 493 g/mol. The van der Waals surface area contributed by atoms with E-state index in [0.29, 0.717) is 16.8 Å². The third kappa shape index (κ3) is 4.75. The molecule has 1 aliphatic rings. The lowest BCUT2D eigenvalue weighted by atomic mass is 9.97. The number of fused-ring (bicyclic) bond motifs is 1. The largest absolute Gasteiger partial charge is 0.444 e. The molecule has 1 atom stereocenters. The van der Waals surface area contributed by atoms with E-state index in [1.165, 1.54) is 22.9 Å². The quantitative estimate of drug-likeness (QED) is 0.438. The van der Waals surface area contributed by atoms with Gasteiger partial charge in [-0.2, -0.15) is 5.10 Å². The van der Waals surface area contributed by atoms with Gasteiger partial charge in [0.1, 0.15) is 23.2 Å². The zero-order valence-electron chi connectivity index (χ0n) is 19.2. The number of halogens is 4. The summed E-state index contributed by atoms with van der Waals surface area (Å²) in [5.41, 5.74) is 1.23. The van der Waals surface area contributed by atoms with E-state index in [-0.39, 0.29) is 29.4 Å². The Morgan fingerprint density at radius 1 is 1.15 bits per heavy atom. The van der Waals surface area contributed by atoms with Crippen LogP contribution in [0, 0.1) is 5.82 Å². The molecule has 3 aromatic rings. The van der Waals surface area contributed by atoms with Crippen LogP contribution in [0.4, 0.5) is 18.0 Å². The summed E-state index contributed by atoms with van der Waals surface area (Å²) < 4.78 is 51.0. The topological polar surface area (TPSA) is 60.2 Å². The fourth-order valence-corrected chi connectivity index (χ4v) is 4.14. The smallest absolute Gasteiger partial charge is 0.411 e. The molecule has 0 spiro atoms. The predicted molar refractivity (Wildman–Crippen MR) is 122 cm³/mol. The van der Waals surface area contributed by atoms with Crippen LogP contribution in [0.3, 0.4) is 0 Å². The van der Waals surface area contributed by atoms with Crippen molar-refractivity contribution < 1.29 is 22.7 Å². The number of ether oxygens (including phenoxy) is 1. The van der Waals surface area contributed by atoms with Gasteiger partial charge in [-0.3, -0.25) is 14.6 Å². The molecule has 1 unspecified atom stereocenters. The van der Waals surface area contributed by atoms with Crippen LogP contribution in [0.25, 0.3) is 22.4 Å². The van der Waals surface area contributed by atoms with Gasteiger partial charge in [0, 0.05) is 35.5 Å². The van der Waals surface area contributed by atoms with Gasteiger partial charge in [0.05, 0.1) is 18.8 Å². The van der Waals surface area contributed by atoms with Crippen molar-refractivity contribution in [3.63, 3.8) is 0 Å². The lowest BCUT2D eigenvalue weighted by Gasteiger charge is -2.39. The highest BCUT2D eigenvalue weighted by Gasteiger charge is 2.46. The van der Waals surface area contributed by atoms with Crippen LogP contribution in [0.2, 0.25) is 5.02 Å². The summed E-state index contributed by atoms with van der Waals surface area (Å²) in [5, 5.41) is 4.74. The maximum absolute atomic E-state index is 14.9. The van der Waals surface area contributed by atoms with Crippen molar-refractivity contribution in [1.29, 1.82) is 0 Å². The molecular weight excluding hydrogens is 469 g/mol. The molecule has 0 saturated carbocycles. The molecule has 10 heteroatoms. The third-order valence-corrected chi connectivity index (χ3v) is 5.70. The molecule has 3 heterocycles. The van der Waals surface area contributed by atoms with Crippen LogP contribution in [0.1, 0.15) is 33.4 Å². The number of hydrogen-bond donors (Lipinski definition) is 0. The summed E-state index contributed by atoms with van der Waals surface area (Å²) in [7, 11) is 0. The normalized spacial score (nSPS) is 16.4. The number of pyridine rings is 1. The number of aromatic nitrogens is 3. The van der Waals surface area contributed by atoms with Crippen LogP contribution < -0.4 is 0 Å². The maximum Gasteiger partial charge on any atom is 0.411 e. The zero-order valence-corrected chi connectivity index (χ0v) is 19.9. The van der Waals surface area contributed by atoms with E-state index in [1.54, 1.807) is 45.3 Å². The highest BCUT2D eigenvalue weighted by Crippen LogP contribution is 2.40. The highest BCUT2D eigenvalue weighted by molar-refractivity contribution is 6.30. The first-order chi connectivity index (χ1) is 15.8. The van der Waals surface area contributed by atoms with Crippen molar-refractivity contribution >= 4 is 17.7 Å². The first-order valence-electron chi connectivity index (χ1n) is 10.7. The van der Waals surface area contributed by atoms with Gasteiger partial charge in [0.2, 0.25) is 0 Å². The van der Waals surface area contributed by atoms with E-state index in [2.05, 4.69) is 10.1 Å². The Balaban J connectivity index is 1.90. The predicted octanol–water partition coefficient (Wildman–Crippen LogP) is 6.18. The molecule has 0 N–H and O–H groups in total. The number of carbonyl (C=O) groups is 1. The van der Waals surface area contributed by atoms with Gasteiger partial charge in [-0.05, 0) is 56.7 Å².